The molecule has 0 atom stereocenters. The number of nitrogens with zero attached hydrogens (tertiary/aromatic N) is 1. The van der Waals surface area contributed by atoms with Gasteiger partial charge in [0.05, 0.1) is 4.90 Å². The number of thiazole rings is 1. The number of rotatable bonds is 6. The highest BCUT2D eigenvalue weighted by atomic mass is 35.5. The van der Waals surface area contributed by atoms with Crippen molar-refractivity contribution in [3.8, 4) is 10.6 Å². The second kappa shape index (κ2) is 8.60. The Morgan fingerprint density at radius 2 is 1.86 bits per heavy atom. The second-order valence-electron chi connectivity index (χ2n) is 5.84. The summed E-state index contributed by atoms with van der Waals surface area (Å²) in [6.07, 6.45) is 0. The van der Waals surface area contributed by atoms with E-state index in [1.54, 1.807) is 24.3 Å². The first kappa shape index (κ1) is 20.8. The molecule has 0 unspecified atom stereocenters. The fourth-order valence-corrected chi connectivity index (χ4v) is 4.29. The van der Waals surface area contributed by atoms with Gasteiger partial charge in [0.15, 0.2) is 0 Å². The molecular formula is C18H15ClN4O4S2. The maximum absolute atomic E-state index is 12.5. The van der Waals surface area contributed by atoms with Gasteiger partial charge < -0.3 is 11.1 Å². The molecule has 8 nitrogen and oxygen atoms in total. The number of sulfonamides is 1. The molecule has 3 rings (SSSR count). The quantitative estimate of drug-likeness (QED) is 0.531. The molecule has 0 fully saturated rings. The van der Waals surface area contributed by atoms with Crippen LogP contribution in [0.2, 0.25) is 5.02 Å². The molecule has 11 heteroatoms. The first-order valence-corrected chi connectivity index (χ1v) is 10.9. The van der Waals surface area contributed by atoms with Crippen molar-refractivity contribution in [2.24, 2.45) is 5.73 Å². The molecule has 0 radical (unpaired) electrons. The molecule has 0 saturated heterocycles. The van der Waals surface area contributed by atoms with Gasteiger partial charge in [-0.05, 0) is 29.8 Å². The van der Waals surface area contributed by atoms with E-state index in [-0.39, 0.29) is 17.1 Å². The van der Waals surface area contributed by atoms with Crippen molar-refractivity contribution in [1.82, 2.24) is 15.0 Å². The zero-order valence-corrected chi connectivity index (χ0v) is 17.1. The van der Waals surface area contributed by atoms with Crippen molar-refractivity contribution < 1.29 is 18.0 Å². The lowest BCUT2D eigenvalue weighted by Crippen LogP contribution is -2.31. The van der Waals surface area contributed by atoms with Crippen LogP contribution < -0.4 is 15.8 Å². The summed E-state index contributed by atoms with van der Waals surface area (Å²) in [5, 5.41) is 4.94. The van der Waals surface area contributed by atoms with Crippen LogP contribution in [0.5, 0.6) is 0 Å². The highest BCUT2D eigenvalue weighted by Gasteiger charge is 2.21. The lowest BCUT2D eigenvalue weighted by Gasteiger charge is -2.07. The van der Waals surface area contributed by atoms with Gasteiger partial charge in [0.1, 0.15) is 10.7 Å². The highest BCUT2D eigenvalue weighted by Crippen LogP contribution is 2.26. The molecule has 4 N–H and O–H groups in total. The third-order valence-corrected chi connectivity index (χ3v) is 6.21. The maximum atomic E-state index is 12.5. The average Bonchev–Trinajstić information content (AvgIpc) is 3.17. The van der Waals surface area contributed by atoms with Crippen LogP contribution in [0, 0.1) is 0 Å². The van der Waals surface area contributed by atoms with Crippen LogP contribution in [-0.2, 0) is 16.6 Å². The van der Waals surface area contributed by atoms with Crippen molar-refractivity contribution in [2.45, 2.75) is 11.4 Å². The minimum Gasteiger partial charge on any atom is -0.352 e. The predicted molar refractivity (Wildman–Crippen MR) is 110 cm³/mol. The van der Waals surface area contributed by atoms with Crippen molar-refractivity contribution in [3.05, 3.63) is 70.2 Å². The minimum absolute atomic E-state index is 0.0178. The number of hydrogen-bond acceptors (Lipinski definition) is 6. The van der Waals surface area contributed by atoms with Crippen LogP contribution in [0.25, 0.3) is 10.6 Å². The van der Waals surface area contributed by atoms with E-state index in [4.69, 9.17) is 17.3 Å². The van der Waals surface area contributed by atoms with E-state index < -0.39 is 22.0 Å². The third-order valence-electron chi connectivity index (χ3n) is 3.74. The molecule has 0 aliphatic carbocycles. The van der Waals surface area contributed by atoms with Gasteiger partial charge in [-0.15, -0.1) is 11.3 Å². The van der Waals surface area contributed by atoms with Crippen LogP contribution >= 0.6 is 22.9 Å². The van der Waals surface area contributed by atoms with Crippen LogP contribution in [0.1, 0.15) is 16.1 Å². The van der Waals surface area contributed by atoms with Gasteiger partial charge in [-0.25, -0.2) is 22.9 Å². The summed E-state index contributed by atoms with van der Waals surface area (Å²) in [6, 6.07) is 11.9. The molecule has 0 spiro atoms. The fraction of sp³-hybridized carbons (Fsp3) is 0.0556. The normalized spacial score (nSPS) is 11.1. The number of carbonyl (C=O) groups excluding carboxylic acids is 2. The summed E-state index contributed by atoms with van der Waals surface area (Å²) in [5.74, 6) is -0.839. The summed E-state index contributed by atoms with van der Waals surface area (Å²) >= 11 is 7.16. The number of primary amides is 1. The Bertz CT molecular complexity index is 1160. The van der Waals surface area contributed by atoms with Crippen molar-refractivity contribution >= 4 is 44.9 Å². The van der Waals surface area contributed by atoms with Gasteiger partial charge >= 0.3 is 6.03 Å². The zero-order valence-electron chi connectivity index (χ0n) is 14.8. The Labute approximate surface area is 175 Å². The van der Waals surface area contributed by atoms with Gasteiger partial charge in [-0.1, -0.05) is 35.9 Å². The number of nitrogens with one attached hydrogen (secondary N) is 2. The summed E-state index contributed by atoms with van der Waals surface area (Å²) in [5.41, 5.74) is 6.35. The zero-order chi connectivity index (χ0) is 21.0. The molecule has 0 aliphatic heterocycles. The van der Waals surface area contributed by atoms with E-state index in [2.05, 4.69) is 10.3 Å². The standard InChI is InChI=1S/C18H15ClN4O4S2/c19-13-3-1-2-12(8-13)17-22-15(10-28-17)16(24)23-29(26,27)14-6-4-11(5-7-14)9-21-18(20)25/h1-8,10H,9H2,(H,23,24)(H3,20,21,25). The monoisotopic (exact) mass is 450 g/mol. The molecule has 1 heterocycles. The lowest BCUT2D eigenvalue weighted by molar-refractivity contribution is 0.0977. The lowest BCUT2D eigenvalue weighted by atomic mass is 10.2. The molecule has 1 aromatic heterocycles. The molecule has 3 aromatic rings. The highest BCUT2D eigenvalue weighted by molar-refractivity contribution is 7.90. The minimum atomic E-state index is -4.09. The largest absolute Gasteiger partial charge is 0.352 e. The molecule has 0 bridgehead atoms. The number of carbonyl (C=O) groups is 2. The summed E-state index contributed by atoms with van der Waals surface area (Å²) < 4.78 is 26.9. The molecule has 2 aromatic carbocycles. The van der Waals surface area contributed by atoms with E-state index >= 15 is 0 Å². The molecule has 150 valence electrons. The second-order valence-corrected chi connectivity index (χ2v) is 8.82. The maximum Gasteiger partial charge on any atom is 0.312 e. The summed E-state index contributed by atoms with van der Waals surface area (Å²) in [4.78, 5) is 27.2. The van der Waals surface area contributed by atoms with E-state index in [0.29, 0.717) is 15.6 Å². The van der Waals surface area contributed by atoms with Crippen molar-refractivity contribution in [1.29, 1.82) is 0 Å². The summed E-state index contributed by atoms with van der Waals surface area (Å²) in [6.45, 7) is 0.160. The molecule has 0 saturated carbocycles. The van der Waals surface area contributed by atoms with Crippen LogP contribution in [0.15, 0.2) is 58.8 Å². The van der Waals surface area contributed by atoms with Crippen LogP contribution in [0.4, 0.5) is 4.79 Å². The van der Waals surface area contributed by atoms with Gasteiger partial charge in [-0.3, -0.25) is 4.79 Å². The molecule has 0 aliphatic rings. The third kappa shape index (κ3) is 5.31. The molecule has 29 heavy (non-hydrogen) atoms. The van der Waals surface area contributed by atoms with Crippen molar-refractivity contribution in [2.75, 3.05) is 0 Å². The Hall–Kier alpha value is -2.95. The topological polar surface area (TPSA) is 131 Å². The van der Waals surface area contributed by atoms with Gasteiger partial charge in [0.25, 0.3) is 15.9 Å². The number of urea groups is 1. The van der Waals surface area contributed by atoms with Crippen molar-refractivity contribution in [3.63, 3.8) is 0 Å². The first-order valence-electron chi connectivity index (χ1n) is 8.15. The van der Waals surface area contributed by atoms with Crippen LogP contribution in [-0.4, -0.2) is 25.3 Å². The van der Waals surface area contributed by atoms with E-state index in [9.17, 15) is 18.0 Å². The molecule has 3 amide bonds. The number of halogens is 1. The number of nitrogens with two attached hydrogens (primary N) is 1. The first-order chi connectivity index (χ1) is 13.7. The number of amides is 3. The van der Waals surface area contributed by atoms with Crippen LogP contribution in [0.3, 0.4) is 0 Å². The predicted octanol–water partition coefficient (Wildman–Crippen LogP) is 2.75. The number of hydrogen-bond donors (Lipinski definition) is 3. The van der Waals surface area contributed by atoms with E-state index in [1.165, 1.54) is 41.0 Å². The molecular weight excluding hydrogens is 436 g/mol. The Morgan fingerprint density at radius 1 is 1.14 bits per heavy atom. The average molecular weight is 451 g/mol. The van der Waals surface area contributed by atoms with Gasteiger partial charge in [0, 0.05) is 22.5 Å². The number of benzene rings is 2. The number of aromatic nitrogens is 1. The van der Waals surface area contributed by atoms with E-state index in [0.717, 1.165) is 5.56 Å². The SMILES string of the molecule is NC(=O)NCc1ccc(S(=O)(=O)NC(=O)c2csc(-c3cccc(Cl)c3)n2)cc1. The van der Waals surface area contributed by atoms with E-state index in [1.807, 2.05) is 4.72 Å². The Balaban J connectivity index is 1.72. The smallest absolute Gasteiger partial charge is 0.312 e. The van der Waals surface area contributed by atoms with Gasteiger partial charge in [-0.2, -0.15) is 0 Å². The Kier molecular flexibility index (Phi) is 6.16. The van der Waals surface area contributed by atoms with Gasteiger partial charge in [0.2, 0.25) is 0 Å². The fourth-order valence-electron chi connectivity index (χ4n) is 2.34. The summed E-state index contributed by atoms with van der Waals surface area (Å²) in [7, 11) is -4.09. The Morgan fingerprint density at radius 3 is 2.52 bits per heavy atom.